The number of ketones is 1. The molecule has 0 fully saturated rings. The maximum Gasteiger partial charge on any atom is 0.320 e. The molecule has 0 spiro atoms. The molecule has 0 unspecified atom stereocenters. The van der Waals surface area contributed by atoms with E-state index < -0.39 is 6.03 Å². The fourth-order valence-corrected chi connectivity index (χ4v) is 3.27. The molecule has 1 atom stereocenters. The first-order chi connectivity index (χ1) is 12.0. The Balaban J connectivity index is 1.93. The normalized spacial score (nSPS) is 14.7. The van der Waals surface area contributed by atoms with E-state index in [1.165, 1.54) is 4.90 Å². The number of pyridine rings is 2. The third-order valence-electron chi connectivity index (χ3n) is 4.55. The number of fused-ring (bicyclic) bond motifs is 1. The molecule has 0 aromatic carbocycles. The summed E-state index contributed by atoms with van der Waals surface area (Å²) in [7, 11) is 0. The van der Waals surface area contributed by atoms with Crippen molar-refractivity contribution in [2.45, 2.75) is 39.0 Å². The zero-order chi connectivity index (χ0) is 18.0. The lowest BCUT2D eigenvalue weighted by Crippen LogP contribution is -2.40. The molecule has 6 heteroatoms. The van der Waals surface area contributed by atoms with Crippen molar-refractivity contribution in [1.82, 2.24) is 9.97 Å². The van der Waals surface area contributed by atoms with Crippen molar-refractivity contribution in [3.8, 4) is 11.1 Å². The minimum atomic E-state index is -0.470. The second-order valence-electron chi connectivity index (χ2n) is 6.61. The predicted molar refractivity (Wildman–Crippen MR) is 96.4 cm³/mol. The van der Waals surface area contributed by atoms with Gasteiger partial charge in [-0.3, -0.25) is 9.88 Å². The van der Waals surface area contributed by atoms with Gasteiger partial charge in [0.25, 0.3) is 0 Å². The summed E-state index contributed by atoms with van der Waals surface area (Å²) >= 11 is 0. The Morgan fingerprint density at radius 3 is 2.72 bits per heavy atom. The quantitative estimate of drug-likeness (QED) is 0.928. The lowest BCUT2D eigenvalue weighted by atomic mass is 9.94. The highest BCUT2D eigenvalue weighted by atomic mass is 16.2. The lowest BCUT2D eigenvalue weighted by Gasteiger charge is -2.27. The highest BCUT2D eigenvalue weighted by Crippen LogP contribution is 2.30. The summed E-state index contributed by atoms with van der Waals surface area (Å²) in [5.74, 6) is 0.942. The fraction of sp³-hybridized carbons (Fsp3) is 0.368. The van der Waals surface area contributed by atoms with Gasteiger partial charge in [0.1, 0.15) is 11.6 Å². The van der Waals surface area contributed by atoms with Gasteiger partial charge in [0.05, 0.1) is 0 Å². The van der Waals surface area contributed by atoms with E-state index in [1.54, 1.807) is 25.5 Å². The molecule has 1 aliphatic heterocycles. The van der Waals surface area contributed by atoms with Gasteiger partial charge >= 0.3 is 6.03 Å². The molecule has 130 valence electrons. The van der Waals surface area contributed by atoms with E-state index in [2.05, 4.69) is 16.0 Å². The number of nitrogens with two attached hydrogens (primary N) is 1. The molecular formula is C19H22N4O2. The van der Waals surface area contributed by atoms with Crippen LogP contribution in [0.1, 0.15) is 43.7 Å². The molecule has 25 heavy (non-hydrogen) atoms. The SMILES string of the molecule is CC(=O)C[C@@H](C)c1cncc(-c2cnc3c(c2)CCCN3C(N)=O)c1. The predicted octanol–water partition coefficient (Wildman–Crippen LogP) is 3.06. The van der Waals surface area contributed by atoms with E-state index in [-0.39, 0.29) is 11.7 Å². The maximum absolute atomic E-state index is 11.6. The maximum atomic E-state index is 11.6. The number of hydrogen-bond donors (Lipinski definition) is 1. The van der Waals surface area contributed by atoms with Crippen LogP contribution in [0, 0.1) is 0 Å². The number of nitrogens with zero attached hydrogens (tertiary/aromatic N) is 3. The van der Waals surface area contributed by atoms with E-state index in [0.717, 1.165) is 35.1 Å². The zero-order valence-corrected chi connectivity index (χ0v) is 14.5. The van der Waals surface area contributed by atoms with E-state index >= 15 is 0 Å². The van der Waals surface area contributed by atoms with Gasteiger partial charge in [0.2, 0.25) is 0 Å². The van der Waals surface area contributed by atoms with E-state index in [1.807, 2.05) is 13.0 Å². The molecule has 2 amide bonds. The van der Waals surface area contributed by atoms with Crippen LogP contribution in [0.2, 0.25) is 0 Å². The zero-order valence-electron chi connectivity index (χ0n) is 14.5. The summed E-state index contributed by atoms with van der Waals surface area (Å²) in [5, 5.41) is 0. The van der Waals surface area contributed by atoms with Crippen molar-refractivity contribution in [3.05, 3.63) is 41.9 Å². The molecule has 1 aliphatic rings. The second kappa shape index (κ2) is 7.01. The van der Waals surface area contributed by atoms with Gasteiger partial charge in [0.15, 0.2) is 0 Å². The molecular weight excluding hydrogens is 316 g/mol. The molecule has 2 aromatic rings. The molecule has 0 bridgehead atoms. The van der Waals surface area contributed by atoms with Gasteiger partial charge < -0.3 is 10.5 Å². The molecule has 2 aromatic heterocycles. The van der Waals surface area contributed by atoms with Crippen LogP contribution >= 0.6 is 0 Å². The van der Waals surface area contributed by atoms with Crippen LogP contribution in [-0.2, 0) is 11.2 Å². The topological polar surface area (TPSA) is 89.2 Å². The minimum absolute atomic E-state index is 0.126. The first kappa shape index (κ1) is 17.1. The summed E-state index contributed by atoms with van der Waals surface area (Å²) < 4.78 is 0. The van der Waals surface area contributed by atoms with Crippen molar-refractivity contribution in [3.63, 3.8) is 0 Å². The van der Waals surface area contributed by atoms with Crippen LogP contribution in [0.25, 0.3) is 11.1 Å². The van der Waals surface area contributed by atoms with E-state index in [4.69, 9.17) is 5.73 Å². The first-order valence-corrected chi connectivity index (χ1v) is 8.46. The number of Topliss-reactive ketones (excluding diaryl/α,β-unsaturated/α-hetero) is 1. The molecule has 2 N–H and O–H groups in total. The number of carbonyl (C=O) groups is 2. The Hall–Kier alpha value is -2.76. The van der Waals surface area contributed by atoms with Gasteiger partial charge in [-0.1, -0.05) is 6.92 Å². The molecule has 3 heterocycles. The number of aromatic nitrogens is 2. The summed E-state index contributed by atoms with van der Waals surface area (Å²) in [5.41, 5.74) is 9.39. The monoisotopic (exact) mass is 338 g/mol. The van der Waals surface area contributed by atoms with Crippen LogP contribution in [0.15, 0.2) is 30.7 Å². The van der Waals surface area contributed by atoms with Gasteiger partial charge in [-0.2, -0.15) is 0 Å². The highest BCUT2D eigenvalue weighted by Gasteiger charge is 2.22. The van der Waals surface area contributed by atoms with Gasteiger partial charge in [-0.25, -0.2) is 9.78 Å². The number of primary amides is 1. The Morgan fingerprint density at radius 1 is 1.24 bits per heavy atom. The Labute approximate surface area is 147 Å². The van der Waals surface area contributed by atoms with Crippen molar-refractivity contribution in [2.24, 2.45) is 5.73 Å². The number of aryl methyl sites for hydroxylation is 1. The average Bonchev–Trinajstić information content (AvgIpc) is 2.60. The highest BCUT2D eigenvalue weighted by molar-refractivity contribution is 5.91. The Kier molecular flexibility index (Phi) is 4.79. The van der Waals surface area contributed by atoms with Gasteiger partial charge in [0, 0.05) is 42.7 Å². The Bertz CT molecular complexity index is 819. The van der Waals surface area contributed by atoms with Crippen molar-refractivity contribution >= 4 is 17.6 Å². The smallest absolute Gasteiger partial charge is 0.320 e. The molecule has 0 radical (unpaired) electrons. The second-order valence-corrected chi connectivity index (χ2v) is 6.61. The summed E-state index contributed by atoms with van der Waals surface area (Å²) in [6, 6.07) is 3.63. The average molecular weight is 338 g/mol. The molecule has 0 aliphatic carbocycles. The molecule has 3 rings (SSSR count). The van der Waals surface area contributed by atoms with Crippen LogP contribution in [0.5, 0.6) is 0 Å². The number of rotatable bonds is 4. The van der Waals surface area contributed by atoms with E-state index in [0.29, 0.717) is 18.8 Å². The first-order valence-electron chi connectivity index (χ1n) is 8.46. The van der Waals surface area contributed by atoms with Crippen LogP contribution in [0.4, 0.5) is 10.6 Å². The molecule has 6 nitrogen and oxygen atoms in total. The molecule has 0 saturated carbocycles. The number of urea groups is 1. The summed E-state index contributed by atoms with van der Waals surface area (Å²) in [4.78, 5) is 33.2. The fourth-order valence-electron chi connectivity index (χ4n) is 3.27. The minimum Gasteiger partial charge on any atom is -0.351 e. The standard InChI is InChI=1S/C19H22N4O2/c1-12(6-13(2)24)15-8-16(10-21-9-15)17-7-14-4-3-5-23(19(20)25)18(14)22-11-17/h7-12H,3-6H2,1-2H3,(H2,20,25)/t12-/m1/s1. The number of carbonyl (C=O) groups excluding carboxylic acids is 2. The van der Waals surface area contributed by atoms with Crippen molar-refractivity contribution in [1.29, 1.82) is 0 Å². The third kappa shape index (κ3) is 3.68. The van der Waals surface area contributed by atoms with E-state index in [9.17, 15) is 9.59 Å². The number of amides is 2. The van der Waals surface area contributed by atoms with Crippen LogP contribution in [0.3, 0.4) is 0 Å². The largest absolute Gasteiger partial charge is 0.351 e. The third-order valence-corrected chi connectivity index (χ3v) is 4.55. The molecule has 0 saturated heterocycles. The summed E-state index contributed by atoms with van der Waals surface area (Å²) in [6.07, 6.45) is 7.58. The van der Waals surface area contributed by atoms with Gasteiger partial charge in [-0.05, 0) is 48.9 Å². The summed E-state index contributed by atoms with van der Waals surface area (Å²) in [6.45, 7) is 4.23. The lowest BCUT2D eigenvalue weighted by molar-refractivity contribution is -0.117. The van der Waals surface area contributed by atoms with Crippen LogP contribution < -0.4 is 10.6 Å². The number of hydrogen-bond acceptors (Lipinski definition) is 4. The number of anilines is 1. The van der Waals surface area contributed by atoms with Crippen molar-refractivity contribution in [2.75, 3.05) is 11.4 Å². The van der Waals surface area contributed by atoms with Gasteiger partial charge in [-0.15, -0.1) is 0 Å². The van der Waals surface area contributed by atoms with Crippen molar-refractivity contribution < 1.29 is 9.59 Å². The Morgan fingerprint density at radius 2 is 2.00 bits per heavy atom. The van der Waals surface area contributed by atoms with Crippen LogP contribution in [-0.4, -0.2) is 28.3 Å².